The Labute approximate surface area is 125 Å². The van der Waals surface area contributed by atoms with Crippen molar-refractivity contribution in [3.8, 4) is 17.2 Å². The number of ether oxygens (including phenoxy) is 3. The molecule has 110 valence electrons. The van der Waals surface area contributed by atoms with Crippen molar-refractivity contribution in [2.45, 2.75) is 6.61 Å². The zero-order valence-corrected chi connectivity index (χ0v) is 11.6. The molecule has 0 saturated carbocycles. The van der Waals surface area contributed by atoms with Gasteiger partial charge in [0.2, 0.25) is 6.79 Å². The van der Waals surface area contributed by atoms with E-state index in [-0.39, 0.29) is 35.5 Å². The van der Waals surface area contributed by atoms with E-state index >= 15 is 0 Å². The van der Waals surface area contributed by atoms with Crippen molar-refractivity contribution in [2.24, 2.45) is 0 Å². The van der Waals surface area contributed by atoms with E-state index in [1.54, 1.807) is 18.2 Å². The quantitative estimate of drug-likeness (QED) is 0.852. The van der Waals surface area contributed by atoms with Gasteiger partial charge in [-0.3, -0.25) is 0 Å². The van der Waals surface area contributed by atoms with Crippen LogP contribution < -0.4 is 25.7 Å². The molecule has 1 heterocycles. The van der Waals surface area contributed by atoms with Crippen LogP contribution in [-0.4, -0.2) is 6.79 Å². The molecular weight excluding hydrogens is 299 g/mol. The summed E-state index contributed by atoms with van der Waals surface area (Å²) in [6.45, 7) is 0.298. The monoisotopic (exact) mass is 310 g/mol. The predicted octanol–water partition coefficient (Wildman–Crippen LogP) is 2.95. The van der Waals surface area contributed by atoms with Crippen LogP contribution in [-0.2, 0) is 6.61 Å². The van der Waals surface area contributed by atoms with Crippen LogP contribution in [0.2, 0.25) is 5.02 Å². The fraction of sp³-hybridized carbons (Fsp3) is 0.143. The smallest absolute Gasteiger partial charge is 0.231 e. The lowest BCUT2D eigenvalue weighted by molar-refractivity contribution is 0.174. The number of rotatable bonds is 3. The Hall–Kier alpha value is -2.34. The number of anilines is 2. The molecule has 0 radical (unpaired) electrons. The molecule has 0 unspecified atom stereocenters. The second-order valence-electron chi connectivity index (χ2n) is 4.49. The molecule has 2 aromatic carbocycles. The summed E-state index contributed by atoms with van der Waals surface area (Å²) >= 11 is 5.74. The third-order valence-corrected chi connectivity index (χ3v) is 3.42. The summed E-state index contributed by atoms with van der Waals surface area (Å²) < 4.78 is 29.9. The summed E-state index contributed by atoms with van der Waals surface area (Å²) in [6, 6.07) is 6.67. The van der Waals surface area contributed by atoms with E-state index in [2.05, 4.69) is 0 Å². The van der Waals surface area contributed by atoms with Crippen molar-refractivity contribution >= 4 is 23.0 Å². The molecule has 0 amide bonds. The van der Waals surface area contributed by atoms with Crippen molar-refractivity contribution in [3.05, 3.63) is 40.7 Å². The van der Waals surface area contributed by atoms with Gasteiger partial charge in [-0.2, -0.15) is 0 Å². The van der Waals surface area contributed by atoms with Gasteiger partial charge in [0.25, 0.3) is 0 Å². The second kappa shape index (κ2) is 5.21. The van der Waals surface area contributed by atoms with E-state index in [9.17, 15) is 4.39 Å². The summed E-state index contributed by atoms with van der Waals surface area (Å²) in [5.41, 5.74) is 12.2. The molecule has 1 aliphatic heterocycles. The number of fused-ring (bicyclic) bond motifs is 1. The molecule has 3 rings (SSSR count). The summed E-state index contributed by atoms with van der Waals surface area (Å²) in [4.78, 5) is 0. The number of nitrogen functional groups attached to an aromatic ring is 2. The Morgan fingerprint density at radius 1 is 1.14 bits per heavy atom. The van der Waals surface area contributed by atoms with Crippen molar-refractivity contribution in [1.29, 1.82) is 0 Å². The minimum absolute atomic E-state index is 0.0714. The first-order valence-electron chi connectivity index (χ1n) is 6.10. The predicted molar refractivity (Wildman–Crippen MR) is 77.1 cm³/mol. The SMILES string of the molecule is Nc1cc(N)c(OCc2ccc3c(c2)OCO3)c(F)c1Cl. The molecule has 0 aromatic heterocycles. The van der Waals surface area contributed by atoms with Crippen LogP contribution in [0.3, 0.4) is 0 Å². The van der Waals surface area contributed by atoms with E-state index < -0.39 is 5.82 Å². The molecule has 5 nitrogen and oxygen atoms in total. The maximum Gasteiger partial charge on any atom is 0.231 e. The van der Waals surface area contributed by atoms with Crippen molar-refractivity contribution in [2.75, 3.05) is 18.3 Å². The highest BCUT2D eigenvalue weighted by Crippen LogP contribution is 2.37. The Bertz CT molecular complexity index is 709. The van der Waals surface area contributed by atoms with Gasteiger partial charge in [-0.25, -0.2) is 4.39 Å². The second-order valence-corrected chi connectivity index (χ2v) is 4.87. The Kier molecular flexibility index (Phi) is 3.39. The first-order chi connectivity index (χ1) is 10.1. The fourth-order valence-electron chi connectivity index (χ4n) is 1.98. The number of hydrogen-bond acceptors (Lipinski definition) is 5. The average Bonchev–Trinajstić information content (AvgIpc) is 2.92. The van der Waals surface area contributed by atoms with Crippen LogP contribution in [0.15, 0.2) is 24.3 Å². The highest BCUT2D eigenvalue weighted by Gasteiger charge is 2.17. The molecule has 0 aliphatic carbocycles. The largest absolute Gasteiger partial charge is 0.484 e. The zero-order chi connectivity index (χ0) is 15.0. The van der Waals surface area contributed by atoms with Gasteiger partial charge >= 0.3 is 0 Å². The Morgan fingerprint density at radius 2 is 1.90 bits per heavy atom. The number of benzene rings is 2. The van der Waals surface area contributed by atoms with Gasteiger partial charge in [0, 0.05) is 0 Å². The summed E-state index contributed by atoms with van der Waals surface area (Å²) in [6.07, 6.45) is 0. The van der Waals surface area contributed by atoms with E-state index in [0.29, 0.717) is 11.5 Å². The molecule has 2 aromatic rings. The van der Waals surface area contributed by atoms with E-state index in [1.807, 2.05) is 0 Å². The van der Waals surface area contributed by atoms with Gasteiger partial charge in [-0.05, 0) is 23.8 Å². The van der Waals surface area contributed by atoms with Gasteiger partial charge in [0.1, 0.15) is 11.6 Å². The van der Waals surface area contributed by atoms with E-state index in [0.717, 1.165) is 5.56 Å². The maximum atomic E-state index is 14.0. The fourth-order valence-corrected chi connectivity index (χ4v) is 2.12. The van der Waals surface area contributed by atoms with Crippen molar-refractivity contribution in [3.63, 3.8) is 0 Å². The van der Waals surface area contributed by atoms with E-state index in [1.165, 1.54) is 6.07 Å². The van der Waals surface area contributed by atoms with Gasteiger partial charge in [0.15, 0.2) is 23.1 Å². The lowest BCUT2D eigenvalue weighted by Crippen LogP contribution is -2.03. The molecule has 1 aliphatic rings. The first-order valence-corrected chi connectivity index (χ1v) is 6.48. The number of halogens is 2. The molecule has 4 N–H and O–H groups in total. The zero-order valence-electron chi connectivity index (χ0n) is 10.9. The average molecular weight is 311 g/mol. The Morgan fingerprint density at radius 3 is 2.71 bits per heavy atom. The molecule has 0 saturated heterocycles. The molecular formula is C14H12ClFN2O3. The first kappa shape index (κ1) is 13.6. The van der Waals surface area contributed by atoms with Crippen LogP contribution in [0.5, 0.6) is 17.2 Å². The van der Waals surface area contributed by atoms with Crippen LogP contribution >= 0.6 is 11.6 Å². The minimum Gasteiger partial charge on any atom is -0.484 e. The molecule has 7 heteroatoms. The third kappa shape index (κ3) is 2.50. The van der Waals surface area contributed by atoms with Crippen LogP contribution in [0.4, 0.5) is 15.8 Å². The number of nitrogens with two attached hydrogens (primary N) is 2. The Balaban J connectivity index is 1.81. The summed E-state index contributed by atoms with van der Waals surface area (Å²) in [5, 5.41) is -0.204. The molecule has 0 atom stereocenters. The molecule has 0 fully saturated rings. The maximum absolute atomic E-state index is 14.0. The topological polar surface area (TPSA) is 79.7 Å². The lowest BCUT2D eigenvalue weighted by Gasteiger charge is -2.12. The standard InChI is InChI=1S/C14H12ClFN2O3/c15-12-8(17)4-9(18)14(13(12)16)19-5-7-1-2-10-11(3-7)21-6-20-10/h1-4H,5-6,17-18H2. The normalized spacial score (nSPS) is 12.5. The van der Waals surface area contributed by atoms with Gasteiger partial charge in [-0.15, -0.1) is 0 Å². The molecule has 0 spiro atoms. The van der Waals surface area contributed by atoms with Crippen LogP contribution in [0, 0.1) is 5.82 Å². The van der Waals surface area contributed by atoms with Gasteiger partial charge < -0.3 is 25.7 Å². The highest BCUT2D eigenvalue weighted by atomic mass is 35.5. The van der Waals surface area contributed by atoms with Gasteiger partial charge in [-0.1, -0.05) is 17.7 Å². The molecule has 0 bridgehead atoms. The van der Waals surface area contributed by atoms with Crippen molar-refractivity contribution < 1.29 is 18.6 Å². The number of hydrogen-bond donors (Lipinski definition) is 2. The highest BCUT2D eigenvalue weighted by molar-refractivity contribution is 6.33. The van der Waals surface area contributed by atoms with Crippen molar-refractivity contribution in [1.82, 2.24) is 0 Å². The van der Waals surface area contributed by atoms with Crippen LogP contribution in [0.25, 0.3) is 0 Å². The van der Waals surface area contributed by atoms with Crippen LogP contribution in [0.1, 0.15) is 5.56 Å². The lowest BCUT2D eigenvalue weighted by atomic mass is 10.2. The minimum atomic E-state index is -0.769. The summed E-state index contributed by atoms with van der Waals surface area (Å²) in [5.74, 6) is 0.404. The third-order valence-electron chi connectivity index (χ3n) is 3.04. The molecule has 21 heavy (non-hydrogen) atoms. The van der Waals surface area contributed by atoms with Gasteiger partial charge in [0.05, 0.1) is 11.4 Å². The van der Waals surface area contributed by atoms with E-state index in [4.69, 9.17) is 37.3 Å². The summed E-state index contributed by atoms with van der Waals surface area (Å²) in [7, 11) is 0.